The summed E-state index contributed by atoms with van der Waals surface area (Å²) in [4.78, 5) is 2.50. The van der Waals surface area contributed by atoms with Gasteiger partial charge in [-0.15, -0.1) is 0 Å². The van der Waals surface area contributed by atoms with Crippen LogP contribution in [-0.2, 0) is 5.41 Å². The average molecular weight is 892 g/mol. The van der Waals surface area contributed by atoms with Gasteiger partial charge in [0.1, 0.15) is 0 Å². The van der Waals surface area contributed by atoms with Crippen molar-refractivity contribution in [1.82, 2.24) is 0 Å². The first kappa shape index (κ1) is 44.8. The fourth-order valence-corrected chi connectivity index (χ4v) is 13.6. The summed E-state index contributed by atoms with van der Waals surface area (Å²) in [5.74, 6) is 2.13. The Morgan fingerprint density at radius 2 is 0.794 bits per heavy atom. The van der Waals surface area contributed by atoms with E-state index in [1.54, 1.807) is 11.1 Å². The molecule has 3 fully saturated rings. The van der Waals surface area contributed by atoms with E-state index in [4.69, 9.17) is 0 Å². The zero-order valence-electron chi connectivity index (χ0n) is 41.1. The van der Waals surface area contributed by atoms with Gasteiger partial charge < -0.3 is 4.90 Å². The molecule has 0 amide bonds. The van der Waals surface area contributed by atoms with Crippen LogP contribution in [0.2, 0.25) is 0 Å². The average Bonchev–Trinajstić information content (AvgIpc) is 3.68. The Bertz CT molecular complexity index is 2750. The lowest BCUT2D eigenvalue weighted by Crippen LogP contribution is -2.25. The Labute approximate surface area is 409 Å². The smallest absolute Gasteiger partial charge is 0.0465 e. The van der Waals surface area contributed by atoms with Crippen LogP contribution in [0.4, 0.5) is 17.1 Å². The molecule has 4 aliphatic carbocycles. The van der Waals surface area contributed by atoms with E-state index in [-0.39, 0.29) is 5.41 Å². The SMILES string of the molecule is CCCC1(CCC)c2ccccc2-c2ccc(N(c3ccc(-c4ccc(-c5cc(C6CCCCC6)cc(C6CCCCC6)c5)cc4)cc3)c3ccc(-c4cccc(C5CCCCC5)c4)cc3)cc21. The van der Waals surface area contributed by atoms with Gasteiger partial charge in [0.15, 0.2) is 0 Å². The first-order valence-electron chi connectivity index (χ1n) is 27.2. The summed E-state index contributed by atoms with van der Waals surface area (Å²) in [6.07, 6.45) is 25.1. The number of fused-ring (bicyclic) bond motifs is 3. The maximum atomic E-state index is 2.62. The van der Waals surface area contributed by atoms with Gasteiger partial charge in [-0.25, -0.2) is 0 Å². The number of benzene rings is 7. The van der Waals surface area contributed by atoms with E-state index in [9.17, 15) is 0 Å². The van der Waals surface area contributed by atoms with Gasteiger partial charge >= 0.3 is 0 Å². The summed E-state index contributed by atoms with van der Waals surface area (Å²) in [7, 11) is 0. The molecule has 68 heavy (non-hydrogen) atoms. The molecular weight excluding hydrogens is 819 g/mol. The highest BCUT2D eigenvalue weighted by Gasteiger charge is 2.42. The Morgan fingerprint density at radius 3 is 1.34 bits per heavy atom. The van der Waals surface area contributed by atoms with Crippen molar-refractivity contribution in [2.45, 2.75) is 159 Å². The third-order valence-electron chi connectivity index (χ3n) is 17.1. The van der Waals surface area contributed by atoms with Crippen molar-refractivity contribution in [3.8, 4) is 44.5 Å². The van der Waals surface area contributed by atoms with Crippen molar-refractivity contribution >= 4 is 17.1 Å². The molecule has 0 heterocycles. The highest BCUT2D eigenvalue weighted by molar-refractivity contribution is 5.87. The summed E-state index contributed by atoms with van der Waals surface area (Å²) in [6, 6.07) is 62.0. The van der Waals surface area contributed by atoms with Gasteiger partial charge in [-0.3, -0.25) is 0 Å². The minimum Gasteiger partial charge on any atom is -0.310 e. The largest absolute Gasteiger partial charge is 0.310 e. The van der Waals surface area contributed by atoms with Crippen LogP contribution < -0.4 is 4.90 Å². The second kappa shape index (κ2) is 20.1. The van der Waals surface area contributed by atoms with Crippen LogP contribution in [0.5, 0.6) is 0 Å². The number of anilines is 3. The van der Waals surface area contributed by atoms with Crippen LogP contribution in [0, 0.1) is 0 Å². The number of hydrogen-bond acceptors (Lipinski definition) is 1. The van der Waals surface area contributed by atoms with Gasteiger partial charge in [-0.1, -0.05) is 206 Å². The lowest BCUT2D eigenvalue weighted by atomic mass is 9.71. The predicted molar refractivity (Wildman–Crippen MR) is 291 cm³/mol. The molecule has 346 valence electrons. The monoisotopic (exact) mass is 892 g/mol. The quantitative estimate of drug-likeness (QED) is 0.111. The molecule has 0 aromatic heterocycles. The molecule has 7 aromatic carbocycles. The van der Waals surface area contributed by atoms with Crippen molar-refractivity contribution in [1.29, 1.82) is 0 Å². The molecule has 0 unspecified atom stereocenters. The van der Waals surface area contributed by atoms with E-state index < -0.39 is 0 Å². The number of nitrogens with zero attached hydrogens (tertiary/aromatic N) is 1. The Hall–Kier alpha value is -5.66. The molecule has 0 spiro atoms. The fraction of sp³-hybridized carbons (Fsp3) is 0.373. The highest BCUT2D eigenvalue weighted by atomic mass is 15.1. The first-order valence-corrected chi connectivity index (χ1v) is 27.2. The molecule has 3 saturated carbocycles. The zero-order valence-corrected chi connectivity index (χ0v) is 41.1. The topological polar surface area (TPSA) is 3.24 Å². The van der Waals surface area contributed by atoms with Crippen molar-refractivity contribution in [2.75, 3.05) is 4.90 Å². The van der Waals surface area contributed by atoms with Crippen LogP contribution in [0.25, 0.3) is 44.5 Å². The van der Waals surface area contributed by atoms with Crippen LogP contribution in [0.3, 0.4) is 0 Å². The van der Waals surface area contributed by atoms with E-state index >= 15 is 0 Å². The molecule has 0 radical (unpaired) electrons. The van der Waals surface area contributed by atoms with E-state index in [1.807, 2.05) is 0 Å². The molecule has 0 atom stereocenters. The van der Waals surface area contributed by atoms with Crippen molar-refractivity contribution in [2.24, 2.45) is 0 Å². The minimum absolute atomic E-state index is 0.0228. The van der Waals surface area contributed by atoms with Crippen LogP contribution in [0.15, 0.2) is 158 Å². The van der Waals surface area contributed by atoms with Gasteiger partial charge in [-0.2, -0.15) is 0 Å². The molecule has 1 heteroatoms. The van der Waals surface area contributed by atoms with Gasteiger partial charge in [-0.05, 0) is 178 Å². The highest BCUT2D eigenvalue weighted by Crippen LogP contribution is 2.55. The Kier molecular flexibility index (Phi) is 13.3. The van der Waals surface area contributed by atoms with Gasteiger partial charge in [0.25, 0.3) is 0 Å². The van der Waals surface area contributed by atoms with Crippen LogP contribution in [0.1, 0.15) is 181 Å². The number of hydrogen-bond donors (Lipinski definition) is 0. The lowest BCUT2D eigenvalue weighted by Gasteiger charge is -2.33. The maximum Gasteiger partial charge on any atom is 0.0465 e. The molecule has 4 aliphatic rings. The van der Waals surface area contributed by atoms with Crippen LogP contribution in [-0.4, -0.2) is 0 Å². The van der Waals surface area contributed by atoms with Gasteiger partial charge in [0, 0.05) is 22.5 Å². The lowest BCUT2D eigenvalue weighted by molar-refractivity contribution is 0.435. The molecular formula is C67H73N. The third kappa shape index (κ3) is 8.92. The van der Waals surface area contributed by atoms with E-state index in [0.29, 0.717) is 17.8 Å². The normalized spacial score (nSPS) is 17.4. The summed E-state index contributed by atoms with van der Waals surface area (Å²) in [5, 5.41) is 0. The second-order valence-electron chi connectivity index (χ2n) is 21.4. The standard InChI is InChI=1S/C67H73N/c1-3-41-67(42-4-2)65-26-15-14-25-63(65)64-40-39-62(47-66(64)67)68(61-37-33-53(34-38-61)56-24-16-23-55(43-56)48-17-8-5-9-18-48)60-35-31-52(32-36-60)51-27-29-54(30-28-51)59-45-57(49-19-10-6-11-20-49)44-58(46-59)50-21-12-7-13-22-50/h14-16,23-40,43-50H,3-13,17-22,41-42H2,1-2H3. The first-order chi connectivity index (χ1) is 33.6. The number of rotatable bonds is 13. The summed E-state index contributed by atoms with van der Waals surface area (Å²) in [5.41, 5.74) is 22.0. The molecule has 0 saturated heterocycles. The molecule has 1 nitrogen and oxygen atoms in total. The van der Waals surface area contributed by atoms with Crippen molar-refractivity contribution < 1.29 is 0 Å². The summed E-state index contributed by atoms with van der Waals surface area (Å²) >= 11 is 0. The van der Waals surface area contributed by atoms with Crippen LogP contribution >= 0.6 is 0 Å². The zero-order chi connectivity index (χ0) is 45.9. The van der Waals surface area contributed by atoms with Gasteiger partial charge in [0.05, 0.1) is 0 Å². The summed E-state index contributed by atoms with van der Waals surface area (Å²) < 4.78 is 0. The fourth-order valence-electron chi connectivity index (χ4n) is 13.6. The molecule has 0 bridgehead atoms. The molecule has 0 aliphatic heterocycles. The van der Waals surface area contributed by atoms with E-state index in [2.05, 4.69) is 176 Å². The third-order valence-corrected chi connectivity index (χ3v) is 17.1. The molecule has 11 rings (SSSR count). The van der Waals surface area contributed by atoms with E-state index in [1.165, 1.54) is 175 Å². The molecule has 0 N–H and O–H groups in total. The Morgan fingerprint density at radius 1 is 0.353 bits per heavy atom. The Balaban J connectivity index is 0.935. The van der Waals surface area contributed by atoms with Crippen molar-refractivity contribution in [3.05, 3.63) is 186 Å². The summed E-state index contributed by atoms with van der Waals surface area (Å²) in [6.45, 7) is 4.72. The minimum atomic E-state index is 0.0228. The predicted octanol–water partition coefficient (Wildman–Crippen LogP) is 20.2. The molecule has 7 aromatic rings. The van der Waals surface area contributed by atoms with E-state index in [0.717, 1.165) is 25.7 Å². The second-order valence-corrected chi connectivity index (χ2v) is 21.4. The van der Waals surface area contributed by atoms with Crippen molar-refractivity contribution in [3.63, 3.8) is 0 Å². The maximum absolute atomic E-state index is 2.62. The van der Waals surface area contributed by atoms with Gasteiger partial charge in [0.2, 0.25) is 0 Å².